The largest absolute Gasteiger partial charge is 0.508 e. The van der Waals surface area contributed by atoms with Crippen molar-refractivity contribution in [2.24, 2.45) is 5.92 Å². The zero-order valence-electron chi connectivity index (χ0n) is 10.4. The average Bonchev–Trinajstić information content (AvgIpc) is 2.35. The first-order chi connectivity index (χ1) is 8.58. The molecular formula is C14H18ClNO2. The standard InChI is InChI=1S/C14H18ClNO2/c1-9-4-2-3-5-13(9)16-14(18)11-8-10(17)6-7-12(11)15/h6-9,13,17H,2-5H2,1H3,(H,16,18). The predicted molar refractivity (Wildman–Crippen MR) is 72.0 cm³/mol. The fraction of sp³-hybridized carbons (Fsp3) is 0.500. The molecule has 0 saturated heterocycles. The average molecular weight is 268 g/mol. The molecule has 2 N–H and O–H groups in total. The van der Waals surface area contributed by atoms with Crippen LogP contribution in [0.15, 0.2) is 18.2 Å². The Labute approximate surface area is 112 Å². The Hall–Kier alpha value is -1.22. The molecule has 1 amide bonds. The van der Waals surface area contributed by atoms with Gasteiger partial charge in [-0.25, -0.2) is 0 Å². The number of carbonyl (C=O) groups excluding carboxylic acids is 1. The Balaban J connectivity index is 2.09. The number of amides is 1. The highest BCUT2D eigenvalue weighted by atomic mass is 35.5. The third-order valence-corrected chi connectivity index (χ3v) is 3.95. The second-order valence-electron chi connectivity index (χ2n) is 5.01. The van der Waals surface area contributed by atoms with Crippen LogP contribution in [0.5, 0.6) is 5.75 Å². The molecule has 3 nitrogen and oxygen atoms in total. The maximum Gasteiger partial charge on any atom is 0.253 e. The molecular weight excluding hydrogens is 250 g/mol. The van der Waals surface area contributed by atoms with Gasteiger partial charge < -0.3 is 10.4 Å². The number of rotatable bonds is 2. The van der Waals surface area contributed by atoms with Gasteiger partial charge in [0.1, 0.15) is 5.75 Å². The SMILES string of the molecule is CC1CCCCC1NC(=O)c1cc(O)ccc1Cl. The fourth-order valence-electron chi connectivity index (χ4n) is 2.46. The van der Waals surface area contributed by atoms with Gasteiger partial charge in [-0.3, -0.25) is 4.79 Å². The topological polar surface area (TPSA) is 49.3 Å². The van der Waals surface area contributed by atoms with Crippen molar-refractivity contribution in [3.63, 3.8) is 0 Å². The summed E-state index contributed by atoms with van der Waals surface area (Å²) in [6, 6.07) is 4.63. The lowest BCUT2D eigenvalue weighted by Crippen LogP contribution is -2.41. The molecule has 98 valence electrons. The molecule has 1 saturated carbocycles. The van der Waals surface area contributed by atoms with Crippen LogP contribution >= 0.6 is 11.6 Å². The second-order valence-corrected chi connectivity index (χ2v) is 5.41. The van der Waals surface area contributed by atoms with Crippen LogP contribution in [-0.4, -0.2) is 17.1 Å². The Morgan fingerprint density at radius 2 is 2.11 bits per heavy atom. The molecule has 2 atom stereocenters. The van der Waals surface area contributed by atoms with Gasteiger partial charge in [0.15, 0.2) is 0 Å². The molecule has 0 aliphatic heterocycles. The molecule has 1 aromatic carbocycles. The van der Waals surface area contributed by atoms with E-state index in [1.807, 2.05) is 0 Å². The van der Waals surface area contributed by atoms with Crippen molar-refractivity contribution in [1.82, 2.24) is 5.32 Å². The van der Waals surface area contributed by atoms with E-state index in [0.717, 1.165) is 19.3 Å². The molecule has 0 aromatic heterocycles. The van der Waals surface area contributed by atoms with Gasteiger partial charge in [-0.2, -0.15) is 0 Å². The summed E-state index contributed by atoms with van der Waals surface area (Å²) < 4.78 is 0. The van der Waals surface area contributed by atoms with Crippen LogP contribution in [0.3, 0.4) is 0 Å². The minimum Gasteiger partial charge on any atom is -0.508 e. The fourth-order valence-corrected chi connectivity index (χ4v) is 2.67. The smallest absolute Gasteiger partial charge is 0.253 e. The highest BCUT2D eigenvalue weighted by Gasteiger charge is 2.24. The van der Waals surface area contributed by atoms with Crippen molar-refractivity contribution in [3.8, 4) is 5.75 Å². The lowest BCUT2D eigenvalue weighted by atomic mass is 9.86. The minimum atomic E-state index is -0.199. The van der Waals surface area contributed by atoms with Crippen molar-refractivity contribution in [1.29, 1.82) is 0 Å². The molecule has 4 heteroatoms. The highest BCUT2D eigenvalue weighted by molar-refractivity contribution is 6.33. The van der Waals surface area contributed by atoms with E-state index >= 15 is 0 Å². The van der Waals surface area contributed by atoms with Gasteiger partial charge in [0.25, 0.3) is 5.91 Å². The number of carbonyl (C=O) groups is 1. The Kier molecular flexibility index (Phi) is 4.12. The summed E-state index contributed by atoms with van der Waals surface area (Å²) in [6.07, 6.45) is 4.56. The number of halogens is 1. The summed E-state index contributed by atoms with van der Waals surface area (Å²) >= 11 is 5.97. The third kappa shape index (κ3) is 2.96. The molecule has 1 aliphatic rings. The Morgan fingerprint density at radius 3 is 2.83 bits per heavy atom. The molecule has 18 heavy (non-hydrogen) atoms. The second kappa shape index (κ2) is 5.61. The normalized spacial score (nSPS) is 23.7. The quantitative estimate of drug-likeness (QED) is 0.863. The number of nitrogens with one attached hydrogen (secondary N) is 1. The molecule has 0 radical (unpaired) electrons. The number of phenolic OH excluding ortho intramolecular Hbond substituents is 1. The summed E-state index contributed by atoms with van der Waals surface area (Å²) in [5, 5.41) is 12.8. The lowest BCUT2D eigenvalue weighted by molar-refractivity contribution is 0.0910. The summed E-state index contributed by atoms with van der Waals surface area (Å²) in [6.45, 7) is 2.16. The van der Waals surface area contributed by atoms with E-state index in [0.29, 0.717) is 16.5 Å². The predicted octanol–water partition coefficient (Wildman–Crippen LogP) is 3.35. The van der Waals surface area contributed by atoms with Crippen molar-refractivity contribution < 1.29 is 9.90 Å². The number of hydrogen-bond acceptors (Lipinski definition) is 2. The van der Waals surface area contributed by atoms with Crippen LogP contribution in [0, 0.1) is 5.92 Å². The zero-order chi connectivity index (χ0) is 13.1. The summed E-state index contributed by atoms with van der Waals surface area (Å²) in [7, 11) is 0. The molecule has 2 rings (SSSR count). The van der Waals surface area contributed by atoms with Gasteiger partial charge in [0, 0.05) is 6.04 Å². The van der Waals surface area contributed by atoms with Gasteiger partial charge in [0.05, 0.1) is 10.6 Å². The van der Waals surface area contributed by atoms with Gasteiger partial charge in [-0.1, -0.05) is 31.4 Å². The molecule has 1 aromatic rings. The van der Waals surface area contributed by atoms with Crippen LogP contribution < -0.4 is 5.32 Å². The third-order valence-electron chi connectivity index (χ3n) is 3.62. The van der Waals surface area contributed by atoms with E-state index in [2.05, 4.69) is 12.2 Å². The maximum absolute atomic E-state index is 12.1. The Bertz CT molecular complexity index is 447. The highest BCUT2D eigenvalue weighted by Crippen LogP contribution is 2.25. The summed E-state index contributed by atoms with van der Waals surface area (Å²) in [4.78, 5) is 12.1. The number of hydrogen-bond donors (Lipinski definition) is 2. The Morgan fingerprint density at radius 1 is 1.39 bits per heavy atom. The molecule has 0 spiro atoms. The minimum absolute atomic E-state index is 0.0567. The number of phenols is 1. The van der Waals surface area contributed by atoms with E-state index in [4.69, 9.17) is 11.6 Å². The van der Waals surface area contributed by atoms with Crippen molar-refractivity contribution in [3.05, 3.63) is 28.8 Å². The molecule has 1 fully saturated rings. The van der Waals surface area contributed by atoms with Crippen molar-refractivity contribution in [2.45, 2.75) is 38.6 Å². The van der Waals surface area contributed by atoms with E-state index in [1.54, 1.807) is 0 Å². The molecule has 1 aliphatic carbocycles. The first kappa shape index (κ1) is 13.2. The lowest BCUT2D eigenvalue weighted by Gasteiger charge is -2.29. The van der Waals surface area contributed by atoms with Crippen LogP contribution in [0.2, 0.25) is 5.02 Å². The number of aromatic hydroxyl groups is 1. The van der Waals surface area contributed by atoms with E-state index < -0.39 is 0 Å². The molecule has 0 heterocycles. The summed E-state index contributed by atoms with van der Waals surface area (Å²) in [5.74, 6) is 0.356. The number of benzene rings is 1. The van der Waals surface area contributed by atoms with Crippen LogP contribution in [0.1, 0.15) is 43.0 Å². The van der Waals surface area contributed by atoms with Gasteiger partial charge >= 0.3 is 0 Å². The van der Waals surface area contributed by atoms with Crippen molar-refractivity contribution >= 4 is 17.5 Å². The van der Waals surface area contributed by atoms with Crippen LogP contribution in [-0.2, 0) is 0 Å². The molecule has 2 unspecified atom stereocenters. The van der Waals surface area contributed by atoms with E-state index in [9.17, 15) is 9.90 Å². The zero-order valence-corrected chi connectivity index (χ0v) is 11.2. The maximum atomic E-state index is 12.1. The summed E-state index contributed by atoms with van der Waals surface area (Å²) in [5.41, 5.74) is 0.342. The van der Waals surface area contributed by atoms with Crippen molar-refractivity contribution in [2.75, 3.05) is 0 Å². The van der Waals surface area contributed by atoms with Crippen LogP contribution in [0.25, 0.3) is 0 Å². The first-order valence-electron chi connectivity index (χ1n) is 6.37. The first-order valence-corrected chi connectivity index (χ1v) is 6.75. The molecule has 0 bridgehead atoms. The van der Waals surface area contributed by atoms with Gasteiger partial charge in [0.2, 0.25) is 0 Å². The van der Waals surface area contributed by atoms with Gasteiger partial charge in [-0.05, 0) is 37.0 Å². The van der Waals surface area contributed by atoms with Crippen LogP contribution in [0.4, 0.5) is 0 Å². The van der Waals surface area contributed by atoms with Gasteiger partial charge in [-0.15, -0.1) is 0 Å². The van der Waals surface area contributed by atoms with E-state index in [-0.39, 0.29) is 17.7 Å². The van der Waals surface area contributed by atoms with E-state index in [1.165, 1.54) is 24.6 Å². The monoisotopic (exact) mass is 267 g/mol.